The average molecular weight is 417 g/mol. The lowest BCUT2D eigenvalue weighted by atomic mass is 10.2. The number of aromatic nitrogens is 3. The Bertz CT molecular complexity index is 976. The second-order valence-corrected chi connectivity index (χ2v) is 7.64. The standard InChI is InChI=1S/C20H21ClN4O2S/c1-13-7-6-8-15(11-13)27-14(2)19-23-24-20(25(19)3)28-12-18(26)22-17-10-5-4-9-16(17)21/h4-11,14H,12H2,1-3H3,(H,22,26). The lowest BCUT2D eigenvalue weighted by molar-refractivity contribution is -0.113. The maximum Gasteiger partial charge on any atom is 0.234 e. The van der Waals surface area contributed by atoms with E-state index in [-0.39, 0.29) is 17.8 Å². The van der Waals surface area contributed by atoms with Crippen LogP contribution in [0, 0.1) is 6.92 Å². The van der Waals surface area contributed by atoms with Crippen molar-refractivity contribution in [3.8, 4) is 5.75 Å². The van der Waals surface area contributed by atoms with Crippen LogP contribution in [-0.2, 0) is 11.8 Å². The lowest BCUT2D eigenvalue weighted by Gasteiger charge is -2.14. The molecule has 3 rings (SSSR count). The molecule has 28 heavy (non-hydrogen) atoms. The van der Waals surface area contributed by atoms with Crippen molar-refractivity contribution in [2.45, 2.75) is 25.1 Å². The molecule has 0 saturated carbocycles. The quantitative estimate of drug-likeness (QED) is 0.568. The topological polar surface area (TPSA) is 69.0 Å². The van der Waals surface area contributed by atoms with Gasteiger partial charge in [0.05, 0.1) is 16.5 Å². The van der Waals surface area contributed by atoms with Crippen molar-refractivity contribution in [1.82, 2.24) is 14.8 Å². The van der Waals surface area contributed by atoms with E-state index in [1.54, 1.807) is 12.1 Å². The maximum atomic E-state index is 12.2. The zero-order chi connectivity index (χ0) is 20.1. The summed E-state index contributed by atoms with van der Waals surface area (Å²) in [6, 6.07) is 15.0. The largest absolute Gasteiger partial charge is 0.483 e. The number of aryl methyl sites for hydroxylation is 1. The summed E-state index contributed by atoms with van der Waals surface area (Å²) in [7, 11) is 1.86. The number of hydrogen-bond donors (Lipinski definition) is 1. The molecule has 0 aliphatic rings. The molecule has 6 nitrogen and oxygen atoms in total. The van der Waals surface area contributed by atoms with Crippen molar-refractivity contribution in [3.05, 3.63) is 64.9 Å². The molecule has 8 heteroatoms. The molecule has 3 aromatic rings. The number of carbonyl (C=O) groups is 1. The number of halogens is 1. The van der Waals surface area contributed by atoms with Crippen LogP contribution in [0.4, 0.5) is 5.69 Å². The highest BCUT2D eigenvalue weighted by Crippen LogP contribution is 2.25. The van der Waals surface area contributed by atoms with Gasteiger partial charge in [-0.25, -0.2) is 0 Å². The van der Waals surface area contributed by atoms with Gasteiger partial charge in [0.1, 0.15) is 5.75 Å². The van der Waals surface area contributed by atoms with E-state index in [1.807, 2.05) is 61.9 Å². The molecule has 2 aromatic carbocycles. The summed E-state index contributed by atoms with van der Waals surface area (Å²) in [5.41, 5.74) is 1.72. The highest BCUT2D eigenvalue weighted by Gasteiger charge is 2.18. The number of benzene rings is 2. The molecule has 0 spiro atoms. The van der Waals surface area contributed by atoms with Crippen molar-refractivity contribution in [2.75, 3.05) is 11.1 Å². The number of amides is 1. The average Bonchev–Trinajstić information content (AvgIpc) is 3.02. The molecule has 146 valence electrons. The van der Waals surface area contributed by atoms with Crippen molar-refractivity contribution < 1.29 is 9.53 Å². The zero-order valence-electron chi connectivity index (χ0n) is 15.8. The van der Waals surface area contributed by atoms with E-state index in [1.165, 1.54) is 11.8 Å². The van der Waals surface area contributed by atoms with Gasteiger partial charge in [-0.1, -0.05) is 47.6 Å². The van der Waals surface area contributed by atoms with E-state index in [9.17, 15) is 4.79 Å². The Morgan fingerprint density at radius 1 is 1.25 bits per heavy atom. The Kier molecular flexibility index (Phi) is 6.59. The van der Waals surface area contributed by atoms with Gasteiger partial charge >= 0.3 is 0 Å². The van der Waals surface area contributed by atoms with E-state index >= 15 is 0 Å². The molecule has 0 saturated heterocycles. The van der Waals surface area contributed by atoms with Gasteiger partial charge in [0.15, 0.2) is 17.1 Å². The highest BCUT2D eigenvalue weighted by molar-refractivity contribution is 7.99. The van der Waals surface area contributed by atoms with Crippen LogP contribution < -0.4 is 10.1 Å². The number of nitrogens with zero attached hydrogens (tertiary/aromatic N) is 3. The third kappa shape index (κ3) is 5.05. The fraction of sp³-hybridized carbons (Fsp3) is 0.250. The third-order valence-electron chi connectivity index (χ3n) is 4.01. The van der Waals surface area contributed by atoms with Crippen LogP contribution >= 0.6 is 23.4 Å². The molecule has 1 aromatic heterocycles. The van der Waals surface area contributed by atoms with Crippen molar-refractivity contribution >= 4 is 35.0 Å². The van der Waals surface area contributed by atoms with Crippen molar-refractivity contribution in [1.29, 1.82) is 0 Å². The summed E-state index contributed by atoms with van der Waals surface area (Å²) < 4.78 is 7.81. The number of para-hydroxylation sites is 1. The molecular formula is C20H21ClN4O2S. The number of anilines is 1. The van der Waals surface area contributed by atoms with Crippen LogP contribution in [0.25, 0.3) is 0 Å². The summed E-state index contributed by atoms with van der Waals surface area (Å²) >= 11 is 7.37. The summed E-state index contributed by atoms with van der Waals surface area (Å²) in [5.74, 6) is 1.51. The number of nitrogens with one attached hydrogen (secondary N) is 1. The Balaban J connectivity index is 1.59. The number of ether oxygens (including phenoxy) is 1. The Morgan fingerprint density at radius 3 is 2.79 bits per heavy atom. The Hall–Kier alpha value is -2.51. The second kappa shape index (κ2) is 9.12. The molecule has 1 unspecified atom stereocenters. The molecule has 0 fully saturated rings. The molecule has 0 radical (unpaired) electrons. The van der Waals surface area contributed by atoms with Gasteiger partial charge in [-0.3, -0.25) is 4.79 Å². The lowest BCUT2D eigenvalue weighted by Crippen LogP contribution is -2.15. The Morgan fingerprint density at radius 2 is 2.04 bits per heavy atom. The molecule has 0 aliphatic carbocycles. The highest BCUT2D eigenvalue weighted by atomic mass is 35.5. The molecule has 1 N–H and O–H groups in total. The second-order valence-electron chi connectivity index (χ2n) is 6.29. The first-order valence-corrected chi connectivity index (χ1v) is 10.1. The SMILES string of the molecule is Cc1cccc(OC(C)c2nnc(SCC(=O)Nc3ccccc3Cl)n2C)c1. The summed E-state index contributed by atoms with van der Waals surface area (Å²) in [6.07, 6.45) is -0.273. The molecule has 1 heterocycles. The van der Waals surface area contributed by atoms with E-state index in [2.05, 4.69) is 15.5 Å². The van der Waals surface area contributed by atoms with Crippen molar-refractivity contribution in [3.63, 3.8) is 0 Å². The number of hydrogen-bond acceptors (Lipinski definition) is 5. The minimum atomic E-state index is -0.273. The van der Waals surface area contributed by atoms with Crippen molar-refractivity contribution in [2.24, 2.45) is 7.05 Å². The minimum Gasteiger partial charge on any atom is -0.483 e. The molecule has 0 aliphatic heterocycles. The van der Waals surface area contributed by atoms with E-state index in [0.29, 0.717) is 21.7 Å². The van der Waals surface area contributed by atoms with Crippen LogP contribution in [0.5, 0.6) is 5.75 Å². The summed E-state index contributed by atoms with van der Waals surface area (Å²) in [6.45, 7) is 3.94. The fourth-order valence-corrected chi connectivity index (χ4v) is 3.53. The first-order chi connectivity index (χ1) is 13.4. The first kappa shape index (κ1) is 20.2. The van der Waals surface area contributed by atoms with E-state index < -0.39 is 0 Å². The van der Waals surface area contributed by atoms with Gasteiger partial charge in [0.25, 0.3) is 0 Å². The first-order valence-electron chi connectivity index (χ1n) is 8.74. The van der Waals surface area contributed by atoms with Crippen LogP contribution in [0.3, 0.4) is 0 Å². The van der Waals surface area contributed by atoms with Gasteiger partial charge < -0.3 is 14.6 Å². The smallest absolute Gasteiger partial charge is 0.234 e. The van der Waals surface area contributed by atoms with E-state index in [0.717, 1.165) is 11.3 Å². The minimum absolute atomic E-state index is 0.160. The summed E-state index contributed by atoms with van der Waals surface area (Å²) in [4.78, 5) is 12.2. The molecule has 1 atom stereocenters. The monoisotopic (exact) mass is 416 g/mol. The van der Waals surface area contributed by atoms with Crippen LogP contribution in [0.15, 0.2) is 53.7 Å². The number of rotatable bonds is 7. The van der Waals surface area contributed by atoms with Crippen LogP contribution in [0.2, 0.25) is 5.02 Å². The fourth-order valence-electron chi connectivity index (χ4n) is 2.63. The predicted molar refractivity (Wildman–Crippen MR) is 112 cm³/mol. The zero-order valence-corrected chi connectivity index (χ0v) is 17.4. The van der Waals surface area contributed by atoms with Crippen LogP contribution in [0.1, 0.15) is 24.4 Å². The van der Waals surface area contributed by atoms with Gasteiger partial charge in [-0.05, 0) is 43.7 Å². The molecule has 1 amide bonds. The normalized spacial score (nSPS) is 11.9. The molecule has 0 bridgehead atoms. The molecular weight excluding hydrogens is 396 g/mol. The van der Waals surface area contributed by atoms with Gasteiger partial charge in [0.2, 0.25) is 5.91 Å². The third-order valence-corrected chi connectivity index (χ3v) is 5.36. The van der Waals surface area contributed by atoms with Gasteiger partial charge in [-0.15, -0.1) is 10.2 Å². The predicted octanol–water partition coefficient (Wildman–Crippen LogP) is 4.65. The number of carbonyl (C=O) groups excluding carboxylic acids is 1. The maximum absolute atomic E-state index is 12.2. The van der Waals surface area contributed by atoms with Crippen LogP contribution in [-0.4, -0.2) is 26.4 Å². The van der Waals surface area contributed by atoms with Gasteiger partial charge in [0, 0.05) is 7.05 Å². The van der Waals surface area contributed by atoms with Gasteiger partial charge in [-0.2, -0.15) is 0 Å². The Labute approximate surface area is 173 Å². The summed E-state index contributed by atoms with van der Waals surface area (Å²) in [5, 5.41) is 12.3. The van der Waals surface area contributed by atoms with E-state index in [4.69, 9.17) is 16.3 Å². The number of thioether (sulfide) groups is 1.